The molecule has 166 valence electrons. The lowest BCUT2D eigenvalue weighted by molar-refractivity contribution is -0.121. The smallest absolute Gasteiger partial charge is 0.253 e. The highest BCUT2D eigenvalue weighted by Crippen LogP contribution is 2.33. The van der Waals surface area contributed by atoms with Crippen LogP contribution in [-0.4, -0.2) is 52.5 Å². The second kappa shape index (κ2) is 8.74. The van der Waals surface area contributed by atoms with Gasteiger partial charge in [0.05, 0.1) is 16.8 Å². The first-order valence-electron chi connectivity index (χ1n) is 10.2. The fourth-order valence-corrected chi connectivity index (χ4v) is 7.66. The van der Waals surface area contributed by atoms with Crippen LogP contribution in [0.5, 0.6) is 0 Å². The number of carbonyl (C=O) groups excluding carboxylic acids is 1. The normalized spacial score (nSPS) is 17.2. The number of thiophene rings is 1. The Hall–Kier alpha value is -2.60. The van der Waals surface area contributed by atoms with Crippen LogP contribution < -0.4 is 4.90 Å². The molecule has 32 heavy (non-hydrogen) atoms. The van der Waals surface area contributed by atoms with Gasteiger partial charge in [0.1, 0.15) is 10.3 Å². The predicted octanol–water partition coefficient (Wildman–Crippen LogP) is 3.44. The van der Waals surface area contributed by atoms with Crippen molar-refractivity contribution in [2.45, 2.75) is 29.6 Å². The van der Waals surface area contributed by atoms with Gasteiger partial charge in [0.2, 0.25) is 5.91 Å². The van der Waals surface area contributed by atoms with Crippen LogP contribution in [-0.2, 0) is 21.4 Å². The Morgan fingerprint density at radius 1 is 1.19 bits per heavy atom. The monoisotopic (exact) mass is 487 g/mol. The average molecular weight is 488 g/mol. The van der Waals surface area contributed by atoms with E-state index in [-0.39, 0.29) is 10.1 Å². The van der Waals surface area contributed by atoms with Gasteiger partial charge in [-0.2, -0.15) is 9.40 Å². The molecule has 1 aliphatic rings. The number of rotatable bonds is 7. The Morgan fingerprint density at radius 3 is 2.81 bits per heavy atom. The van der Waals surface area contributed by atoms with Crippen LogP contribution in [0.4, 0.5) is 5.13 Å². The van der Waals surface area contributed by atoms with Crippen molar-refractivity contribution in [2.24, 2.45) is 0 Å². The Labute approximate surface area is 193 Å². The van der Waals surface area contributed by atoms with Crippen molar-refractivity contribution in [3.8, 4) is 0 Å². The van der Waals surface area contributed by atoms with E-state index in [2.05, 4.69) is 10.1 Å². The number of nitrogens with zero attached hydrogens (tertiary/aromatic N) is 5. The lowest BCUT2D eigenvalue weighted by atomic mass is 10.2. The van der Waals surface area contributed by atoms with Gasteiger partial charge in [-0.15, -0.1) is 11.3 Å². The molecular weight excluding hydrogens is 466 g/mol. The number of hydrogen-bond donors (Lipinski definition) is 0. The van der Waals surface area contributed by atoms with Gasteiger partial charge in [-0.1, -0.05) is 29.5 Å². The maximum absolute atomic E-state index is 13.8. The molecule has 11 heteroatoms. The Bertz CT molecular complexity index is 1280. The summed E-state index contributed by atoms with van der Waals surface area (Å²) in [5, 5.41) is 6.53. The molecule has 1 aliphatic heterocycles. The third-order valence-electron chi connectivity index (χ3n) is 5.44. The number of fused-ring (bicyclic) bond motifs is 1. The van der Waals surface area contributed by atoms with Gasteiger partial charge in [-0.25, -0.2) is 13.4 Å². The zero-order valence-electron chi connectivity index (χ0n) is 17.1. The SMILES string of the molecule is O=C(C1CCCN1S(=O)(=O)c1cccs1)N(CCn1cccn1)c1nc2ccccc2s1. The zero-order valence-corrected chi connectivity index (χ0v) is 19.5. The average Bonchev–Trinajstić information content (AvgIpc) is 3.60. The largest absolute Gasteiger partial charge is 0.285 e. The molecule has 3 aromatic heterocycles. The summed E-state index contributed by atoms with van der Waals surface area (Å²) in [6.07, 6.45) is 4.67. The third-order valence-corrected chi connectivity index (χ3v) is 9.78. The molecule has 1 unspecified atom stereocenters. The molecule has 4 aromatic rings. The minimum atomic E-state index is -3.72. The number of carbonyl (C=O) groups is 1. The molecule has 1 aromatic carbocycles. The molecule has 1 amide bonds. The summed E-state index contributed by atoms with van der Waals surface area (Å²) in [5.74, 6) is -0.242. The molecule has 0 bridgehead atoms. The Kier molecular flexibility index (Phi) is 5.80. The number of thiazole rings is 1. The lowest BCUT2D eigenvalue weighted by Gasteiger charge is -2.28. The van der Waals surface area contributed by atoms with E-state index >= 15 is 0 Å². The summed E-state index contributed by atoms with van der Waals surface area (Å²) in [7, 11) is -3.72. The molecule has 0 saturated carbocycles. The number of para-hydroxylation sites is 1. The van der Waals surface area contributed by atoms with Crippen molar-refractivity contribution in [1.29, 1.82) is 0 Å². The summed E-state index contributed by atoms with van der Waals surface area (Å²) in [5.41, 5.74) is 0.818. The summed E-state index contributed by atoms with van der Waals surface area (Å²) >= 11 is 2.60. The number of benzene rings is 1. The number of amides is 1. The highest BCUT2D eigenvalue weighted by atomic mass is 32.2. The van der Waals surface area contributed by atoms with E-state index in [9.17, 15) is 13.2 Å². The van der Waals surface area contributed by atoms with Crippen LogP contribution in [0, 0.1) is 0 Å². The molecule has 4 heterocycles. The summed E-state index contributed by atoms with van der Waals surface area (Å²) in [6.45, 7) is 1.17. The molecule has 1 saturated heterocycles. The maximum Gasteiger partial charge on any atom is 0.253 e. The van der Waals surface area contributed by atoms with E-state index < -0.39 is 16.1 Å². The first-order chi connectivity index (χ1) is 15.5. The van der Waals surface area contributed by atoms with Crippen molar-refractivity contribution in [3.05, 3.63) is 60.2 Å². The highest BCUT2D eigenvalue weighted by molar-refractivity contribution is 7.91. The van der Waals surface area contributed by atoms with E-state index in [0.29, 0.717) is 37.6 Å². The van der Waals surface area contributed by atoms with E-state index in [1.165, 1.54) is 27.0 Å². The van der Waals surface area contributed by atoms with Gasteiger partial charge in [0, 0.05) is 25.5 Å². The van der Waals surface area contributed by atoms with E-state index in [4.69, 9.17) is 0 Å². The van der Waals surface area contributed by atoms with Crippen LogP contribution in [0.15, 0.2) is 64.4 Å². The fourth-order valence-electron chi connectivity index (χ4n) is 3.89. The molecule has 0 aliphatic carbocycles. The quantitative estimate of drug-likeness (QED) is 0.398. The van der Waals surface area contributed by atoms with Gasteiger partial charge in [0.15, 0.2) is 5.13 Å². The summed E-state index contributed by atoms with van der Waals surface area (Å²) < 4.78 is 30.7. The number of anilines is 1. The van der Waals surface area contributed by atoms with Crippen molar-refractivity contribution in [3.63, 3.8) is 0 Å². The molecule has 5 rings (SSSR count). The van der Waals surface area contributed by atoms with Gasteiger partial charge in [-0.3, -0.25) is 14.4 Å². The molecule has 1 atom stereocenters. The minimum Gasteiger partial charge on any atom is -0.285 e. The lowest BCUT2D eigenvalue weighted by Crippen LogP contribution is -2.48. The highest BCUT2D eigenvalue weighted by Gasteiger charge is 2.42. The van der Waals surface area contributed by atoms with Gasteiger partial charge in [-0.05, 0) is 42.5 Å². The first kappa shape index (κ1) is 21.3. The Balaban J connectivity index is 1.47. The fraction of sp³-hybridized carbons (Fsp3) is 0.286. The molecular formula is C21H21N5O3S3. The minimum absolute atomic E-state index is 0.242. The summed E-state index contributed by atoms with van der Waals surface area (Å²) in [4.78, 5) is 20.1. The van der Waals surface area contributed by atoms with Crippen molar-refractivity contribution in [2.75, 3.05) is 18.0 Å². The van der Waals surface area contributed by atoms with Gasteiger partial charge >= 0.3 is 0 Å². The molecule has 8 nitrogen and oxygen atoms in total. The number of sulfonamides is 1. The maximum atomic E-state index is 13.8. The van der Waals surface area contributed by atoms with E-state index in [1.54, 1.807) is 33.3 Å². The van der Waals surface area contributed by atoms with Crippen LogP contribution in [0.2, 0.25) is 0 Å². The molecule has 0 radical (unpaired) electrons. The Morgan fingerprint density at radius 2 is 2.06 bits per heavy atom. The van der Waals surface area contributed by atoms with Crippen LogP contribution >= 0.6 is 22.7 Å². The van der Waals surface area contributed by atoms with Crippen molar-refractivity contribution in [1.82, 2.24) is 19.1 Å². The van der Waals surface area contributed by atoms with Crippen LogP contribution in [0.3, 0.4) is 0 Å². The third kappa shape index (κ3) is 3.96. The summed E-state index contributed by atoms with van der Waals surface area (Å²) in [6, 6.07) is 12.1. The van der Waals surface area contributed by atoms with E-state index in [0.717, 1.165) is 10.2 Å². The predicted molar refractivity (Wildman–Crippen MR) is 125 cm³/mol. The standard InChI is InChI=1S/C21H21N5O3S3/c27-20(17-7-3-12-26(17)32(28,29)19-9-4-15-30-19)25(14-13-24-11-5-10-22-24)21-23-16-6-1-2-8-18(16)31-21/h1-2,4-6,8-11,15,17H,3,7,12-14H2. The van der Waals surface area contributed by atoms with Crippen LogP contribution in [0.1, 0.15) is 12.8 Å². The van der Waals surface area contributed by atoms with Gasteiger partial charge < -0.3 is 0 Å². The van der Waals surface area contributed by atoms with E-state index in [1.807, 2.05) is 36.5 Å². The van der Waals surface area contributed by atoms with Crippen molar-refractivity contribution >= 4 is 54.0 Å². The first-order valence-corrected chi connectivity index (χ1v) is 13.4. The molecule has 0 N–H and O–H groups in total. The van der Waals surface area contributed by atoms with Crippen LogP contribution in [0.25, 0.3) is 10.2 Å². The second-order valence-electron chi connectivity index (χ2n) is 7.43. The molecule has 0 spiro atoms. The van der Waals surface area contributed by atoms with Crippen molar-refractivity contribution < 1.29 is 13.2 Å². The molecule has 1 fully saturated rings. The number of aromatic nitrogens is 3. The zero-order chi connectivity index (χ0) is 22.1. The topological polar surface area (TPSA) is 88.4 Å². The number of hydrogen-bond acceptors (Lipinski definition) is 7. The van der Waals surface area contributed by atoms with Gasteiger partial charge in [0.25, 0.3) is 10.0 Å². The second-order valence-corrected chi connectivity index (χ2v) is 11.5.